The second kappa shape index (κ2) is 9.06. The highest BCUT2D eigenvalue weighted by molar-refractivity contribution is 6.52. The predicted octanol–water partition coefficient (Wildman–Crippen LogP) is 4.77. The van der Waals surface area contributed by atoms with Gasteiger partial charge in [0.1, 0.15) is 17.1 Å². The largest absolute Gasteiger partial charge is 0.506 e. The molecule has 0 radical (unpaired) electrons. The fourth-order valence-electron chi connectivity index (χ4n) is 8.26. The summed E-state index contributed by atoms with van der Waals surface area (Å²) in [4.78, 5) is 19.5. The number of aliphatic hydroxyl groups excluding tert-OH is 1. The second-order valence-electron chi connectivity index (χ2n) is 13.5. The topological polar surface area (TPSA) is 138 Å². The number of nitrogens with two attached hydrogens (primary N) is 2. The van der Waals surface area contributed by atoms with Crippen molar-refractivity contribution in [3.8, 4) is 0 Å². The number of benzene rings is 4. The van der Waals surface area contributed by atoms with Gasteiger partial charge in [-0.3, -0.25) is 9.79 Å². The number of carbonyl (C=O) groups excluding carboxylic acids is 1. The summed E-state index contributed by atoms with van der Waals surface area (Å²) in [6, 6.07) is 20.8. The highest BCUT2D eigenvalue weighted by atomic mass is 16.3. The monoisotopic (exact) mass is 584 g/mol. The Kier molecular flexibility index (Phi) is 5.36. The van der Waals surface area contributed by atoms with E-state index in [9.17, 15) is 9.90 Å². The molecule has 5 aliphatic rings. The van der Waals surface area contributed by atoms with Crippen LogP contribution in [-0.4, -0.2) is 34.3 Å². The summed E-state index contributed by atoms with van der Waals surface area (Å²) in [5.74, 6) is -0.123. The number of aliphatic hydroxyl groups is 1. The molecule has 2 aliphatic heterocycles. The molecule has 0 unspecified atom stereocenters. The van der Waals surface area contributed by atoms with Gasteiger partial charge in [-0.2, -0.15) is 0 Å². The number of ketones is 1. The number of carbonyl (C=O) groups is 1. The molecule has 44 heavy (non-hydrogen) atoms. The van der Waals surface area contributed by atoms with Gasteiger partial charge in [0, 0.05) is 45.0 Å². The van der Waals surface area contributed by atoms with E-state index in [0.717, 1.165) is 101 Å². The van der Waals surface area contributed by atoms with Crippen molar-refractivity contribution >= 4 is 55.5 Å². The second-order valence-corrected chi connectivity index (χ2v) is 13.5. The zero-order valence-electron chi connectivity index (χ0n) is 24.5. The van der Waals surface area contributed by atoms with Crippen molar-refractivity contribution in [1.82, 2.24) is 0 Å². The molecule has 222 valence electrons. The minimum absolute atomic E-state index is 0.0321. The van der Waals surface area contributed by atoms with Crippen LogP contribution >= 0.6 is 0 Å². The molecule has 2 heterocycles. The molecule has 8 heteroatoms. The Morgan fingerprint density at radius 2 is 1.36 bits per heavy atom. The number of allylic oxidation sites excluding steroid dienone is 2. The van der Waals surface area contributed by atoms with Crippen LogP contribution in [-0.2, 0) is 4.79 Å². The van der Waals surface area contributed by atoms with Gasteiger partial charge in [-0.1, -0.05) is 48.5 Å². The molecule has 4 aromatic carbocycles. The fourth-order valence-corrected chi connectivity index (χ4v) is 8.26. The number of anilines is 3. The van der Waals surface area contributed by atoms with Crippen LogP contribution in [0.3, 0.4) is 0 Å². The molecule has 2 spiro atoms. The van der Waals surface area contributed by atoms with Crippen LogP contribution in [0.1, 0.15) is 56.9 Å². The van der Waals surface area contributed by atoms with Crippen LogP contribution in [0.15, 0.2) is 71.4 Å². The zero-order chi connectivity index (χ0) is 29.8. The Balaban J connectivity index is 1.24. The summed E-state index contributed by atoms with van der Waals surface area (Å²) in [6.45, 7) is 0. The van der Waals surface area contributed by atoms with E-state index in [0.29, 0.717) is 16.4 Å². The average molecular weight is 585 g/mol. The molecule has 0 bridgehead atoms. The van der Waals surface area contributed by atoms with Crippen LogP contribution in [0, 0.1) is 0 Å². The normalized spacial score (nSPS) is 30.1. The van der Waals surface area contributed by atoms with Crippen molar-refractivity contribution in [1.29, 1.82) is 0 Å². The Hall–Kier alpha value is -4.40. The van der Waals surface area contributed by atoms with E-state index in [-0.39, 0.29) is 29.3 Å². The number of hydrogen-bond acceptors (Lipinski definition) is 8. The molecule has 4 aromatic rings. The van der Waals surface area contributed by atoms with Gasteiger partial charge in [0.15, 0.2) is 0 Å². The van der Waals surface area contributed by atoms with E-state index < -0.39 is 5.66 Å². The van der Waals surface area contributed by atoms with Gasteiger partial charge >= 0.3 is 0 Å². The maximum absolute atomic E-state index is 14.2. The Morgan fingerprint density at radius 3 is 2.07 bits per heavy atom. The molecule has 8 nitrogen and oxygen atoms in total. The van der Waals surface area contributed by atoms with Crippen molar-refractivity contribution in [2.24, 2.45) is 16.5 Å². The number of rotatable bonds is 1. The molecular weight excluding hydrogens is 548 g/mol. The van der Waals surface area contributed by atoms with Crippen molar-refractivity contribution in [3.63, 3.8) is 0 Å². The summed E-state index contributed by atoms with van der Waals surface area (Å²) < 4.78 is 0. The van der Waals surface area contributed by atoms with E-state index in [1.807, 2.05) is 30.3 Å². The molecule has 8 N–H and O–H groups in total. The van der Waals surface area contributed by atoms with E-state index in [4.69, 9.17) is 16.5 Å². The van der Waals surface area contributed by atoms with Gasteiger partial charge in [-0.05, 0) is 74.3 Å². The summed E-state index contributed by atoms with van der Waals surface area (Å²) in [5, 5.41) is 28.7. The highest BCUT2D eigenvalue weighted by Crippen LogP contribution is 2.48. The highest BCUT2D eigenvalue weighted by Gasteiger charge is 2.43. The lowest BCUT2D eigenvalue weighted by Crippen LogP contribution is -2.52. The first-order chi connectivity index (χ1) is 21.3. The van der Waals surface area contributed by atoms with Gasteiger partial charge in [-0.15, -0.1) is 0 Å². The SMILES string of the molecule is NC1CCC2(CC1)N=c1/c(=C3/C(=O)C(c4ccc5cccc6c5c4NC4(CCC(N)CC4)N6)=C3O)ccc3cccc(c13)N2. The van der Waals surface area contributed by atoms with Gasteiger partial charge in [0.05, 0.1) is 22.2 Å². The standard InChI is InChI=1S/C36H36N6O2/c37-21-11-15-35(16-12-21)39-25-5-1-3-19-7-9-23(31(41-35)27(19)25)29-33(43)30(34(29)44)24-10-8-20-4-2-6-26-28(20)32(24)42-36(40-26)17-13-22(38)14-18-36/h1-10,21-22,39-41,43H,11-18,37-38H2/b30-24+. The van der Waals surface area contributed by atoms with E-state index >= 15 is 0 Å². The van der Waals surface area contributed by atoms with Gasteiger partial charge in [-0.25, -0.2) is 0 Å². The first-order valence-electron chi connectivity index (χ1n) is 15.9. The molecule has 0 atom stereocenters. The quantitative estimate of drug-likeness (QED) is 0.190. The number of nitrogens with zero attached hydrogens (tertiary/aromatic N) is 1. The lowest BCUT2D eigenvalue weighted by atomic mass is 9.78. The van der Waals surface area contributed by atoms with Gasteiger partial charge in [0.25, 0.3) is 0 Å². The lowest BCUT2D eigenvalue weighted by molar-refractivity contribution is -0.109. The molecular formula is C36H36N6O2. The molecule has 9 rings (SSSR count). The predicted molar refractivity (Wildman–Crippen MR) is 176 cm³/mol. The third-order valence-corrected chi connectivity index (χ3v) is 10.7. The van der Waals surface area contributed by atoms with Crippen molar-refractivity contribution in [2.45, 2.75) is 74.8 Å². The van der Waals surface area contributed by atoms with E-state index in [1.165, 1.54) is 0 Å². The fraction of sp³-hybridized carbons (Fsp3) is 0.333. The third kappa shape index (κ3) is 3.64. The Bertz CT molecular complexity index is 2080. The summed E-state index contributed by atoms with van der Waals surface area (Å²) in [6.07, 6.45) is 6.99. The maximum atomic E-state index is 14.2. The van der Waals surface area contributed by atoms with Crippen LogP contribution < -0.4 is 38.0 Å². The van der Waals surface area contributed by atoms with Crippen LogP contribution in [0.5, 0.6) is 0 Å². The minimum atomic E-state index is -0.463. The first-order valence-corrected chi connectivity index (χ1v) is 15.9. The van der Waals surface area contributed by atoms with Crippen molar-refractivity contribution in [2.75, 3.05) is 16.0 Å². The molecule has 2 saturated carbocycles. The number of Topliss-reactive ketones (excluding diaryl/α,β-unsaturated/α-hetero) is 1. The summed E-state index contributed by atoms with van der Waals surface area (Å²) >= 11 is 0. The van der Waals surface area contributed by atoms with Crippen molar-refractivity contribution < 1.29 is 9.90 Å². The molecule has 2 fully saturated rings. The molecule has 3 aliphatic carbocycles. The van der Waals surface area contributed by atoms with Gasteiger partial charge in [0.2, 0.25) is 5.78 Å². The van der Waals surface area contributed by atoms with Gasteiger partial charge < -0.3 is 32.5 Å². The Labute approximate surface area is 254 Å². The van der Waals surface area contributed by atoms with Crippen molar-refractivity contribution in [3.05, 3.63) is 82.6 Å². The van der Waals surface area contributed by atoms with Crippen LogP contribution in [0.4, 0.5) is 17.1 Å². The zero-order valence-corrected chi connectivity index (χ0v) is 24.5. The average Bonchev–Trinajstić information content (AvgIpc) is 3.03. The summed E-state index contributed by atoms with van der Waals surface area (Å²) in [5.41, 5.74) is 16.1. The van der Waals surface area contributed by atoms with Crippen LogP contribution in [0.25, 0.3) is 32.7 Å². The first kappa shape index (κ1) is 26.0. The lowest BCUT2D eigenvalue weighted by Gasteiger charge is -2.46. The Morgan fingerprint density at radius 1 is 0.727 bits per heavy atom. The van der Waals surface area contributed by atoms with E-state index in [1.54, 1.807) is 0 Å². The third-order valence-electron chi connectivity index (χ3n) is 10.7. The maximum Gasteiger partial charge on any atom is 0.201 e. The molecule has 0 aromatic heterocycles. The van der Waals surface area contributed by atoms with Crippen LogP contribution in [0.2, 0.25) is 0 Å². The number of hydrogen-bond donors (Lipinski definition) is 6. The smallest absolute Gasteiger partial charge is 0.201 e. The number of nitrogens with one attached hydrogen (secondary N) is 3. The minimum Gasteiger partial charge on any atom is -0.506 e. The van der Waals surface area contributed by atoms with E-state index in [2.05, 4.69) is 46.3 Å². The molecule has 0 amide bonds. The molecule has 0 saturated heterocycles. The summed E-state index contributed by atoms with van der Waals surface area (Å²) in [7, 11) is 0.